The van der Waals surface area contributed by atoms with Crippen LogP contribution in [0.3, 0.4) is 0 Å². The molecule has 4 aromatic rings. The number of amides is 1. The fourth-order valence-electron chi connectivity index (χ4n) is 7.04. The first-order valence-electron chi connectivity index (χ1n) is 18.8. The minimum absolute atomic E-state index is 0.00597. The van der Waals surface area contributed by atoms with E-state index >= 15 is 4.39 Å². The Kier molecular flexibility index (Phi) is 13.8. The number of aromatic amines is 1. The molecule has 0 radical (unpaired) electrons. The Morgan fingerprint density at radius 2 is 1.75 bits per heavy atom. The Morgan fingerprint density at radius 3 is 2.46 bits per heavy atom. The molecule has 2 aliphatic rings. The lowest BCUT2D eigenvalue weighted by atomic mass is 9.89. The lowest BCUT2D eigenvalue weighted by molar-refractivity contribution is -0.205. The number of thiazole rings is 2. The number of ether oxygens (including phenoxy) is 3. The number of carbonyl (C=O) groups excluding carboxylic acids is 3. The number of hydrogen-bond acceptors (Lipinski definition) is 12. The van der Waals surface area contributed by atoms with Gasteiger partial charge in [-0.1, -0.05) is 42.9 Å². The summed E-state index contributed by atoms with van der Waals surface area (Å²) in [5, 5.41) is 5.59. The Balaban J connectivity index is 1.06. The molecule has 21 heteroatoms. The molecule has 2 fully saturated rings. The molecule has 12 nitrogen and oxygen atoms in total. The van der Waals surface area contributed by atoms with Crippen LogP contribution in [0.2, 0.25) is 0 Å². The first-order chi connectivity index (χ1) is 28.0. The monoisotopic (exact) mass is 875 g/mol. The summed E-state index contributed by atoms with van der Waals surface area (Å²) in [6.45, 7) is 4.42. The number of fused-ring (bicyclic) bond motifs is 1. The van der Waals surface area contributed by atoms with Crippen molar-refractivity contribution in [2.24, 2.45) is 0 Å². The van der Waals surface area contributed by atoms with E-state index in [2.05, 4.69) is 31.8 Å². The molecule has 6 rings (SSSR count). The van der Waals surface area contributed by atoms with E-state index in [-0.39, 0.29) is 29.1 Å². The number of likely N-dealkylation sites (tertiary alicyclic amines) is 1. The van der Waals surface area contributed by atoms with E-state index in [4.69, 9.17) is 9.47 Å². The number of alkyl halides is 6. The van der Waals surface area contributed by atoms with Crippen LogP contribution in [0.15, 0.2) is 40.5 Å². The molecule has 1 spiro atoms. The molecule has 2 aromatic carbocycles. The fraction of sp³-hybridized carbons (Fsp3) is 0.500. The van der Waals surface area contributed by atoms with Crippen molar-refractivity contribution in [1.29, 1.82) is 0 Å². The van der Waals surface area contributed by atoms with Gasteiger partial charge in [0.25, 0.3) is 5.91 Å². The highest BCUT2D eigenvalue weighted by molar-refractivity contribution is 7.16. The summed E-state index contributed by atoms with van der Waals surface area (Å²) in [6, 6.07) is 6.71. The van der Waals surface area contributed by atoms with Gasteiger partial charge in [0.2, 0.25) is 0 Å². The summed E-state index contributed by atoms with van der Waals surface area (Å²) in [6.07, 6.45) is -8.29. The van der Waals surface area contributed by atoms with Gasteiger partial charge in [0.15, 0.2) is 5.75 Å². The predicted molar refractivity (Wildman–Crippen MR) is 202 cm³/mol. The first kappa shape index (κ1) is 44.1. The number of nitrogens with zero attached hydrogens (tertiary/aromatic N) is 3. The van der Waals surface area contributed by atoms with Crippen LogP contribution in [-0.4, -0.2) is 101 Å². The van der Waals surface area contributed by atoms with Gasteiger partial charge in [0.05, 0.1) is 28.5 Å². The average Bonchev–Trinajstić information content (AvgIpc) is 3.83. The van der Waals surface area contributed by atoms with Gasteiger partial charge in [-0.15, -0.1) is 11.3 Å². The number of piperidine rings is 1. The summed E-state index contributed by atoms with van der Waals surface area (Å²) in [5.41, 5.74) is 0.0579. The van der Waals surface area contributed by atoms with Crippen LogP contribution < -0.4 is 14.9 Å². The van der Waals surface area contributed by atoms with Gasteiger partial charge in [-0.05, 0) is 56.3 Å². The summed E-state index contributed by atoms with van der Waals surface area (Å²) in [4.78, 5) is 58.7. The maximum atomic E-state index is 15.8. The third kappa shape index (κ3) is 10.8. The molecule has 0 saturated carbocycles. The van der Waals surface area contributed by atoms with Crippen LogP contribution in [0.5, 0.6) is 5.75 Å². The lowest BCUT2D eigenvalue weighted by Gasteiger charge is -2.47. The predicted octanol–water partition coefficient (Wildman–Crippen LogP) is 6.48. The molecule has 1 amide bonds. The molecule has 320 valence electrons. The van der Waals surface area contributed by atoms with Gasteiger partial charge in [-0.25, -0.2) is 19.0 Å². The average molecular weight is 876 g/mol. The second kappa shape index (κ2) is 18.4. The Labute approximate surface area is 340 Å². The molecule has 2 aromatic heterocycles. The zero-order valence-electron chi connectivity index (χ0n) is 31.6. The summed E-state index contributed by atoms with van der Waals surface area (Å²) in [7, 11) is 0. The largest absolute Gasteiger partial charge is 0.491 e. The van der Waals surface area contributed by atoms with Gasteiger partial charge in [0, 0.05) is 49.2 Å². The van der Waals surface area contributed by atoms with Crippen LogP contribution in [-0.2, 0) is 38.4 Å². The van der Waals surface area contributed by atoms with Crippen molar-refractivity contribution in [3.63, 3.8) is 0 Å². The number of esters is 2. The molecule has 1 atom stereocenters. The zero-order valence-corrected chi connectivity index (χ0v) is 33.2. The van der Waals surface area contributed by atoms with E-state index < -0.39 is 64.5 Å². The number of hydrogen-bond donors (Lipinski definition) is 2. The number of rotatable bonds is 14. The van der Waals surface area contributed by atoms with Crippen molar-refractivity contribution in [3.8, 4) is 5.75 Å². The summed E-state index contributed by atoms with van der Waals surface area (Å²) < 4.78 is 109. The van der Waals surface area contributed by atoms with Crippen molar-refractivity contribution in [1.82, 2.24) is 25.1 Å². The molecule has 0 bridgehead atoms. The molecular formula is C38H40F7N5O7S2. The second-order valence-corrected chi connectivity index (χ2v) is 16.2. The Hall–Kier alpha value is -4.44. The van der Waals surface area contributed by atoms with Gasteiger partial charge in [0.1, 0.15) is 23.1 Å². The smallest absolute Gasteiger partial charge is 0.449 e. The van der Waals surface area contributed by atoms with Crippen LogP contribution >= 0.6 is 22.7 Å². The van der Waals surface area contributed by atoms with Crippen LogP contribution in [0.4, 0.5) is 30.7 Å². The highest BCUT2D eigenvalue weighted by atomic mass is 32.1. The van der Waals surface area contributed by atoms with Crippen LogP contribution in [0.1, 0.15) is 70.9 Å². The zero-order chi connectivity index (χ0) is 42.5. The topological polar surface area (TPSA) is 143 Å². The SMILES string of the molecule is CCCCc1nc(C(=O)N2CCOC3(CCN(Cc4cccc(CCNC[C@H](OC(=O)C(F)(F)F)c5ccc(OC(=O)C(F)(F)F)c6[nH]c(=O)sc56)c4F)CC3)C2)cs1. The summed E-state index contributed by atoms with van der Waals surface area (Å²) >= 11 is 1.89. The number of halogens is 7. The van der Waals surface area contributed by atoms with E-state index in [0.717, 1.165) is 36.4 Å². The molecule has 0 unspecified atom stereocenters. The van der Waals surface area contributed by atoms with Crippen molar-refractivity contribution in [2.75, 3.05) is 45.9 Å². The number of aryl methyl sites for hydroxylation is 1. The van der Waals surface area contributed by atoms with E-state index in [9.17, 15) is 45.5 Å². The fourth-order valence-corrected chi connectivity index (χ4v) is 8.76. The quantitative estimate of drug-likeness (QED) is 0.0626. The first-order valence-corrected chi connectivity index (χ1v) is 20.5. The normalized spacial score (nSPS) is 16.7. The lowest BCUT2D eigenvalue weighted by Crippen LogP contribution is -2.58. The van der Waals surface area contributed by atoms with E-state index in [0.29, 0.717) is 80.3 Å². The minimum Gasteiger partial charge on any atom is -0.449 e. The van der Waals surface area contributed by atoms with Crippen LogP contribution in [0.25, 0.3) is 10.2 Å². The highest BCUT2D eigenvalue weighted by Gasteiger charge is 2.44. The van der Waals surface area contributed by atoms with Crippen molar-refractivity contribution >= 4 is 50.7 Å². The minimum atomic E-state index is -5.41. The number of carbonyl (C=O) groups is 3. The third-order valence-electron chi connectivity index (χ3n) is 10.1. The van der Waals surface area contributed by atoms with E-state index in [1.54, 1.807) is 23.1 Å². The number of unbranched alkanes of at least 4 members (excludes halogenated alkanes) is 1. The van der Waals surface area contributed by atoms with E-state index in [1.807, 2.05) is 5.38 Å². The maximum Gasteiger partial charge on any atom is 0.491 e. The standard InChI is InChI=1S/C38H40F7N5O7S2/c1-2-3-7-28-47-25(20-58-28)32(51)50-16-17-55-36(21-50)11-14-49(15-12-36)19-23-6-4-5-22(29(23)39)10-13-46-18-27(57-34(53)38(43,44)45)24-8-9-26(56-33(52)37(40,41)42)30-31(24)59-35(54)48-30/h4-6,8-9,20,27,46H,2-3,7,10-19,21H2,1H3,(H,48,54)/t27-/m0/s1. The molecule has 2 saturated heterocycles. The van der Waals surface area contributed by atoms with Crippen molar-refractivity contribution in [2.45, 2.75) is 76.1 Å². The highest BCUT2D eigenvalue weighted by Crippen LogP contribution is 2.36. The van der Waals surface area contributed by atoms with Crippen molar-refractivity contribution in [3.05, 3.63) is 78.6 Å². The molecular weight excluding hydrogens is 836 g/mol. The van der Waals surface area contributed by atoms with Gasteiger partial charge in [-0.3, -0.25) is 14.5 Å². The Morgan fingerprint density at radius 1 is 1.02 bits per heavy atom. The molecule has 59 heavy (non-hydrogen) atoms. The number of morpholine rings is 1. The van der Waals surface area contributed by atoms with E-state index in [1.165, 1.54) is 11.3 Å². The number of aromatic nitrogens is 2. The number of nitrogens with one attached hydrogen (secondary N) is 2. The molecule has 2 aliphatic heterocycles. The molecule has 4 heterocycles. The molecule has 2 N–H and O–H groups in total. The van der Waals surface area contributed by atoms with Gasteiger partial charge < -0.3 is 29.4 Å². The van der Waals surface area contributed by atoms with Crippen molar-refractivity contribution < 1.29 is 59.3 Å². The maximum absolute atomic E-state index is 15.8. The molecule has 0 aliphatic carbocycles. The summed E-state index contributed by atoms with van der Waals surface area (Å²) in [5.74, 6) is -6.46. The number of benzene rings is 2. The number of H-pyrrole nitrogens is 1. The van der Waals surface area contributed by atoms with Gasteiger partial charge >= 0.3 is 29.2 Å². The second-order valence-electron chi connectivity index (χ2n) is 14.3. The van der Waals surface area contributed by atoms with Crippen LogP contribution in [0, 0.1) is 5.82 Å². The third-order valence-corrected chi connectivity index (χ3v) is 11.9. The van der Waals surface area contributed by atoms with Gasteiger partial charge in [-0.2, -0.15) is 26.3 Å². The Bertz CT molecular complexity index is 2200.